The Kier molecular flexibility index (Phi) is 9.50. The lowest BCUT2D eigenvalue weighted by Crippen LogP contribution is -2.07. The van der Waals surface area contributed by atoms with Crippen LogP contribution >= 0.6 is 23.2 Å². The first-order valence-electron chi connectivity index (χ1n) is 7.92. The van der Waals surface area contributed by atoms with Crippen LogP contribution < -0.4 is 9.47 Å². The average Bonchev–Trinajstić information content (AvgIpc) is 2.58. The van der Waals surface area contributed by atoms with Crippen molar-refractivity contribution in [3.63, 3.8) is 0 Å². The molecule has 0 bridgehead atoms. The van der Waals surface area contributed by atoms with Crippen LogP contribution in [0.5, 0.6) is 11.5 Å². The van der Waals surface area contributed by atoms with Crippen molar-refractivity contribution in [1.29, 1.82) is 0 Å². The number of ketones is 1. The minimum atomic E-state index is -0.403. The Morgan fingerprint density at radius 2 is 1.75 bits per heavy atom. The predicted octanol–water partition coefficient (Wildman–Crippen LogP) is 4.44. The Bertz CT molecular complexity index is 568. The fraction of sp³-hybridized carbons (Fsp3) is 0.444. The number of carbonyl (C=O) groups is 2. The minimum Gasteiger partial charge on any atom is -0.493 e. The number of rotatable bonds is 11. The lowest BCUT2D eigenvalue weighted by Gasteiger charge is -2.16. The average molecular weight is 373 g/mol. The fourth-order valence-corrected chi connectivity index (χ4v) is 2.32. The molecule has 0 heterocycles. The van der Waals surface area contributed by atoms with Crippen LogP contribution in [0.2, 0.25) is 0 Å². The summed E-state index contributed by atoms with van der Waals surface area (Å²) < 4.78 is 11.7. The van der Waals surface area contributed by atoms with Crippen molar-refractivity contribution in [3.05, 3.63) is 33.8 Å². The van der Waals surface area contributed by atoms with Gasteiger partial charge in [0, 0.05) is 6.42 Å². The first kappa shape index (κ1) is 20.5. The van der Waals surface area contributed by atoms with Crippen LogP contribution in [0.15, 0.2) is 22.7 Å². The van der Waals surface area contributed by atoms with Gasteiger partial charge in [0.05, 0.1) is 6.61 Å². The summed E-state index contributed by atoms with van der Waals surface area (Å²) in [6, 6.07) is 3.86. The molecule has 0 aromatic heterocycles. The standard InChI is InChI=1S/C18H22Cl2O4/c1-3-13-10-16(23-9-7-17(19)20)11-14(4-2)18(13)24-8-5-6-15(22)12-21/h7,10-12H,3-6,8-9H2,1-2H3. The summed E-state index contributed by atoms with van der Waals surface area (Å²) in [5.74, 6) is 1.16. The van der Waals surface area contributed by atoms with Crippen molar-refractivity contribution in [2.24, 2.45) is 0 Å². The molecule has 1 rings (SSSR count). The highest BCUT2D eigenvalue weighted by Gasteiger charge is 2.11. The number of hydrogen-bond acceptors (Lipinski definition) is 4. The molecule has 4 nitrogen and oxygen atoms in total. The van der Waals surface area contributed by atoms with Crippen molar-refractivity contribution in [3.8, 4) is 11.5 Å². The topological polar surface area (TPSA) is 52.6 Å². The zero-order chi connectivity index (χ0) is 17.9. The predicted molar refractivity (Wildman–Crippen MR) is 96.3 cm³/mol. The first-order chi connectivity index (χ1) is 11.5. The van der Waals surface area contributed by atoms with E-state index in [-0.39, 0.29) is 10.9 Å². The van der Waals surface area contributed by atoms with E-state index in [0.29, 0.717) is 25.9 Å². The maximum absolute atomic E-state index is 11.0. The third-order valence-electron chi connectivity index (χ3n) is 3.41. The Morgan fingerprint density at radius 3 is 2.25 bits per heavy atom. The molecule has 1 aromatic rings. The maximum atomic E-state index is 11.0. The SMILES string of the molecule is CCc1cc(OCC=C(Cl)Cl)cc(CC)c1OCCCC(=O)C=O. The maximum Gasteiger partial charge on any atom is 0.195 e. The van der Waals surface area contributed by atoms with Crippen molar-refractivity contribution in [2.75, 3.05) is 13.2 Å². The van der Waals surface area contributed by atoms with Crippen LogP contribution in [-0.2, 0) is 22.4 Å². The van der Waals surface area contributed by atoms with Crippen LogP contribution in [0.3, 0.4) is 0 Å². The van der Waals surface area contributed by atoms with Crippen molar-refractivity contribution in [1.82, 2.24) is 0 Å². The molecule has 1 aromatic carbocycles. The molecule has 0 fully saturated rings. The number of aldehydes is 1. The Balaban J connectivity index is 2.81. The smallest absolute Gasteiger partial charge is 0.195 e. The molecule has 0 atom stereocenters. The second-order valence-corrected chi connectivity index (χ2v) is 6.13. The lowest BCUT2D eigenvalue weighted by molar-refractivity contribution is -0.130. The van der Waals surface area contributed by atoms with Gasteiger partial charge in [-0.05, 0) is 48.6 Å². The van der Waals surface area contributed by atoms with Gasteiger partial charge in [-0.15, -0.1) is 0 Å². The summed E-state index contributed by atoms with van der Waals surface area (Å²) in [5.41, 5.74) is 2.07. The number of aryl methyl sites for hydroxylation is 2. The molecule has 6 heteroatoms. The van der Waals surface area contributed by atoms with Crippen LogP contribution in [0, 0.1) is 0 Å². The summed E-state index contributed by atoms with van der Waals surface area (Å²) in [7, 11) is 0. The Hall–Kier alpha value is -1.52. The largest absolute Gasteiger partial charge is 0.493 e. The summed E-state index contributed by atoms with van der Waals surface area (Å²) >= 11 is 11.1. The van der Waals surface area contributed by atoms with Gasteiger partial charge in [0.25, 0.3) is 0 Å². The van der Waals surface area contributed by atoms with Gasteiger partial charge < -0.3 is 9.47 Å². The van der Waals surface area contributed by atoms with Gasteiger partial charge in [-0.2, -0.15) is 0 Å². The first-order valence-corrected chi connectivity index (χ1v) is 8.67. The molecule has 0 saturated heterocycles. The number of carbonyl (C=O) groups excluding carboxylic acids is 2. The Morgan fingerprint density at radius 1 is 1.12 bits per heavy atom. The molecule has 0 spiro atoms. The van der Waals surface area contributed by atoms with Crippen LogP contribution in [0.25, 0.3) is 0 Å². The minimum absolute atomic E-state index is 0.172. The normalized spacial score (nSPS) is 10.2. The molecule has 0 aliphatic carbocycles. The van der Waals surface area contributed by atoms with E-state index >= 15 is 0 Å². The second kappa shape index (κ2) is 11.1. The summed E-state index contributed by atoms with van der Waals surface area (Å²) in [6.45, 7) is 4.76. The zero-order valence-electron chi connectivity index (χ0n) is 13.9. The number of benzene rings is 1. The molecular weight excluding hydrogens is 351 g/mol. The molecule has 0 aliphatic rings. The summed E-state index contributed by atoms with van der Waals surface area (Å²) in [5, 5.41) is 0. The van der Waals surface area contributed by atoms with Gasteiger partial charge in [0.1, 0.15) is 22.6 Å². The quantitative estimate of drug-likeness (QED) is 0.327. The fourth-order valence-electron chi connectivity index (χ4n) is 2.20. The highest BCUT2D eigenvalue weighted by Crippen LogP contribution is 2.31. The lowest BCUT2D eigenvalue weighted by atomic mass is 10.0. The van der Waals surface area contributed by atoms with E-state index < -0.39 is 5.78 Å². The van der Waals surface area contributed by atoms with Crippen molar-refractivity contribution in [2.45, 2.75) is 39.5 Å². The summed E-state index contributed by atoms with van der Waals surface area (Å²) in [4.78, 5) is 21.3. The van der Waals surface area contributed by atoms with Crippen molar-refractivity contribution < 1.29 is 19.1 Å². The molecule has 0 amide bonds. The third-order valence-corrected chi connectivity index (χ3v) is 3.72. The van der Waals surface area contributed by atoms with Crippen LogP contribution in [0.4, 0.5) is 0 Å². The number of ether oxygens (including phenoxy) is 2. The van der Waals surface area contributed by atoms with E-state index in [0.717, 1.165) is 35.5 Å². The van der Waals surface area contributed by atoms with Gasteiger partial charge >= 0.3 is 0 Å². The molecule has 132 valence electrons. The highest BCUT2D eigenvalue weighted by molar-refractivity contribution is 6.55. The van der Waals surface area contributed by atoms with E-state index in [2.05, 4.69) is 0 Å². The molecular formula is C18H22Cl2O4. The Labute approximate surface area is 152 Å². The molecule has 0 N–H and O–H groups in total. The number of hydrogen-bond donors (Lipinski definition) is 0. The molecule has 0 aliphatic heterocycles. The number of halogens is 2. The van der Waals surface area contributed by atoms with Gasteiger partial charge in [0.2, 0.25) is 0 Å². The highest BCUT2D eigenvalue weighted by atomic mass is 35.5. The monoisotopic (exact) mass is 372 g/mol. The molecule has 24 heavy (non-hydrogen) atoms. The van der Waals surface area contributed by atoms with Crippen LogP contribution in [0.1, 0.15) is 37.8 Å². The molecule has 0 unspecified atom stereocenters. The van der Waals surface area contributed by atoms with E-state index in [1.807, 2.05) is 26.0 Å². The second-order valence-electron chi connectivity index (χ2n) is 5.12. The van der Waals surface area contributed by atoms with Gasteiger partial charge in [-0.3, -0.25) is 9.59 Å². The third kappa shape index (κ3) is 6.93. The van der Waals surface area contributed by atoms with E-state index in [4.69, 9.17) is 32.7 Å². The van der Waals surface area contributed by atoms with E-state index in [1.54, 1.807) is 6.08 Å². The number of Topliss-reactive ketones (excluding diaryl/α,β-unsaturated/α-hetero) is 1. The molecule has 0 saturated carbocycles. The zero-order valence-corrected chi connectivity index (χ0v) is 15.5. The van der Waals surface area contributed by atoms with E-state index in [9.17, 15) is 9.59 Å². The van der Waals surface area contributed by atoms with Crippen molar-refractivity contribution >= 4 is 35.3 Å². The molecule has 0 radical (unpaired) electrons. The van der Waals surface area contributed by atoms with Gasteiger partial charge in [-0.25, -0.2) is 0 Å². The van der Waals surface area contributed by atoms with Crippen LogP contribution in [-0.4, -0.2) is 25.3 Å². The van der Waals surface area contributed by atoms with E-state index in [1.165, 1.54) is 0 Å². The van der Waals surface area contributed by atoms with Gasteiger partial charge in [0.15, 0.2) is 12.1 Å². The van der Waals surface area contributed by atoms with Gasteiger partial charge in [-0.1, -0.05) is 37.0 Å². The summed E-state index contributed by atoms with van der Waals surface area (Å²) in [6.07, 6.45) is 4.23.